The number of nitro benzene ring substituents is 1. The number of esters is 1. The molecule has 0 radical (unpaired) electrons. The summed E-state index contributed by atoms with van der Waals surface area (Å²) in [5.41, 5.74) is 0.740. The zero-order valence-electron chi connectivity index (χ0n) is 18.2. The summed E-state index contributed by atoms with van der Waals surface area (Å²) >= 11 is 5.88. The third-order valence-electron chi connectivity index (χ3n) is 5.00. The number of benzene rings is 3. The van der Waals surface area contributed by atoms with Gasteiger partial charge in [0.2, 0.25) is 5.89 Å². The van der Waals surface area contributed by atoms with E-state index in [4.69, 9.17) is 20.8 Å². The van der Waals surface area contributed by atoms with Gasteiger partial charge in [0.05, 0.1) is 10.5 Å². The van der Waals surface area contributed by atoms with Crippen LogP contribution in [0.1, 0.15) is 32.2 Å². The summed E-state index contributed by atoms with van der Waals surface area (Å²) in [7, 11) is 1.54. The van der Waals surface area contributed by atoms with E-state index < -0.39 is 16.7 Å². The monoisotopic (exact) mass is 492 g/mol. The van der Waals surface area contributed by atoms with E-state index in [0.717, 1.165) is 6.07 Å². The Balaban J connectivity index is 1.52. The lowest BCUT2D eigenvalue weighted by Crippen LogP contribution is -2.13. The predicted molar refractivity (Wildman–Crippen MR) is 126 cm³/mol. The molecular formula is C24H17ClN4O6. The number of hydrogen-bond acceptors (Lipinski definition) is 9. The van der Waals surface area contributed by atoms with Crippen molar-refractivity contribution in [1.82, 2.24) is 10.2 Å². The highest BCUT2D eigenvalue weighted by atomic mass is 35.5. The van der Waals surface area contributed by atoms with Crippen molar-refractivity contribution < 1.29 is 23.7 Å². The Morgan fingerprint density at radius 2 is 1.77 bits per heavy atom. The molecule has 0 bridgehead atoms. The van der Waals surface area contributed by atoms with Gasteiger partial charge >= 0.3 is 5.97 Å². The molecule has 11 heteroatoms. The van der Waals surface area contributed by atoms with E-state index in [1.807, 2.05) is 0 Å². The van der Waals surface area contributed by atoms with E-state index in [1.165, 1.54) is 31.3 Å². The molecule has 0 saturated heterocycles. The average molecular weight is 493 g/mol. The fraction of sp³-hybridized carbons (Fsp3) is 0.0833. The molecule has 0 aliphatic carbocycles. The Kier molecular flexibility index (Phi) is 6.83. The Bertz CT molecular complexity index is 1420. The van der Waals surface area contributed by atoms with Gasteiger partial charge in [-0.15, -0.1) is 10.2 Å². The zero-order valence-corrected chi connectivity index (χ0v) is 19.0. The summed E-state index contributed by atoms with van der Waals surface area (Å²) in [4.78, 5) is 36.6. The maximum Gasteiger partial charge on any atom is 0.339 e. The van der Waals surface area contributed by atoms with Crippen molar-refractivity contribution in [1.29, 1.82) is 0 Å². The second kappa shape index (κ2) is 10.1. The van der Waals surface area contributed by atoms with Gasteiger partial charge in [-0.1, -0.05) is 29.8 Å². The number of carbonyl (C=O) groups is 2. The van der Waals surface area contributed by atoms with Crippen molar-refractivity contribution in [3.63, 3.8) is 0 Å². The molecule has 1 aromatic heterocycles. The Morgan fingerprint density at radius 3 is 2.46 bits per heavy atom. The first-order valence-corrected chi connectivity index (χ1v) is 10.6. The lowest BCUT2D eigenvalue weighted by atomic mass is 9.97. The molecule has 0 unspecified atom stereocenters. The highest BCUT2D eigenvalue weighted by molar-refractivity contribution is 6.30. The lowest BCUT2D eigenvalue weighted by molar-refractivity contribution is -0.384. The van der Waals surface area contributed by atoms with Gasteiger partial charge in [0.1, 0.15) is 5.69 Å². The minimum atomic E-state index is -0.790. The molecule has 1 heterocycles. The van der Waals surface area contributed by atoms with E-state index in [2.05, 4.69) is 15.5 Å². The highest BCUT2D eigenvalue weighted by Gasteiger charge is 2.23. The van der Waals surface area contributed by atoms with Crippen LogP contribution >= 0.6 is 11.6 Å². The van der Waals surface area contributed by atoms with E-state index in [9.17, 15) is 19.7 Å². The number of rotatable bonds is 8. The summed E-state index contributed by atoms with van der Waals surface area (Å²) in [6, 6.07) is 16.8. The van der Waals surface area contributed by atoms with Gasteiger partial charge in [-0.25, -0.2) is 4.79 Å². The van der Waals surface area contributed by atoms with Gasteiger partial charge in [-0.2, -0.15) is 0 Å². The molecule has 1 N–H and O–H groups in total. The van der Waals surface area contributed by atoms with Crippen molar-refractivity contribution in [2.24, 2.45) is 0 Å². The Labute approximate surface area is 203 Å². The molecule has 176 valence electrons. The van der Waals surface area contributed by atoms with Crippen LogP contribution < -0.4 is 5.32 Å². The van der Waals surface area contributed by atoms with Gasteiger partial charge in [0.15, 0.2) is 12.4 Å². The van der Waals surface area contributed by atoms with Crippen molar-refractivity contribution in [3.05, 3.63) is 104 Å². The quantitative estimate of drug-likeness (QED) is 0.157. The van der Waals surface area contributed by atoms with Crippen LogP contribution in [0.3, 0.4) is 0 Å². The van der Waals surface area contributed by atoms with E-state index in [-0.39, 0.29) is 46.5 Å². The molecule has 0 aliphatic heterocycles. The van der Waals surface area contributed by atoms with Gasteiger partial charge in [-0.05, 0) is 42.5 Å². The molecule has 0 spiro atoms. The van der Waals surface area contributed by atoms with Crippen molar-refractivity contribution in [2.45, 2.75) is 6.61 Å². The molecule has 0 saturated carbocycles. The maximum atomic E-state index is 13.1. The molecule has 4 aromatic rings. The smallest absolute Gasteiger partial charge is 0.339 e. The second-order valence-corrected chi connectivity index (χ2v) is 7.63. The van der Waals surface area contributed by atoms with E-state index in [0.29, 0.717) is 10.6 Å². The number of anilines is 1. The summed E-state index contributed by atoms with van der Waals surface area (Å²) in [6.45, 7) is -0.315. The first-order valence-electron chi connectivity index (χ1n) is 10.2. The fourth-order valence-corrected chi connectivity index (χ4v) is 3.40. The number of nitrogens with one attached hydrogen (secondary N) is 1. The zero-order chi connectivity index (χ0) is 24.9. The standard InChI is InChI=1S/C24H17ClN4O6/c1-26-19-11-8-15(12-20(19)29(32)33)22(30)17-4-2-3-5-18(17)24(31)34-13-21-27-28-23(35-21)14-6-9-16(25)10-7-14/h2-12,26H,13H2,1H3. The number of hydrogen-bond donors (Lipinski definition) is 1. The topological polar surface area (TPSA) is 137 Å². The molecular weight excluding hydrogens is 476 g/mol. The molecule has 0 atom stereocenters. The van der Waals surface area contributed by atoms with Gasteiger partial charge in [0.25, 0.3) is 11.6 Å². The molecule has 4 rings (SSSR count). The molecule has 3 aromatic carbocycles. The van der Waals surface area contributed by atoms with Gasteiger partial charge < -0.3 is 14.5 Å². The van der Waals surface area contributed by atoms with Crippen LogP contribution in [0.4, 0.5) is 11.4 Å². The minimum absolute atomic E-state index is 0.00436. The lowest BCUT2D eigenvalue weighted by Gasteiger charge is -2.09. The van der Waals surface area contributed by atoms with Gasteiger partial charge in [0, 0.05) is 34.8 Å². The van der Waals surface area contributed by atoms with Crippen LogP contribution in [0.15, 0.2) is 71.1 Å². The number of ketones is 1. The fourth-order valence-electron chi connectivity index (χ4n) is 3.28. The molecule has 10 nitrogen and oxygen atoms in total. The van der Waals surface area contributed by atoms with Gasteiger partial charge in [-0.3, -0.25) is 14.9 Å². The average Bonchev–Trinajstić information content (AvgIpc) is 3.36. The van der Waals surface area contributed by atoms with Crippen LogP contribution in [-0.2, 0) is 11.3 Å². The number of halogens is 1. The second-order valence-electron chi connectivity index (χ2n) is 7.20. The molecule has 0 amide bonds. The summed E-state index contributed by atoms with van der Waals surface area (Å²) in [5.74, 6) is -1.06. The molecule has 0 fully saturated rings. The number of ether oxygens (including phenoxy) is 1. The Morgan fingerprint density at radius 1 is 1.06 bits per heavy atom. The largest absolute Gasteiger partial charge is 0.452 e. The first-order chi connectivity index (χ1) is 16.9. The summed E-state index contributed by atoms with van der Waals surface area (Å²) in [5, 5.41) is 22.4. The maximum absolute atomic E-state index is 13.1. The minimum Gasteiger partial charge on any atom is -0.452 e. The molecule has 0 aliphatic rings. The van der Waals surface area contributed by atoms with E-state index >= 15 is 0 Å². The number of aromatic nitrogens is 2. The van der Waals surface area contributed by atoms with Crippen molar-refractivity contribution >= 4 is 34.7 Å². The van der Waals surface area contributed by atoms with Crippen LogP contribution in [0.25, 0.3) is 11.5 Å². The SMILES string of the molecule is CNc1ccc(C(=O)c2ccccc2C(=O)OCc2nnc(-c3ccc(Cl)cc3)o2)cc1[N+](=O)[O-]. The third-order valence-corrected chi connectivity index (χ3v) is 5.25. The Hall–Kier alpha value is -4.57. The predicted octanol–water partition coefficient (Wildman–Crippen LogP) is 4.93. The first kappa shape index (κ1) is 23.6. The third kappa shape index (κ3) is 5.17. The van der Waals surface area contributed by atoms with Crippen molar-refractivity contribution in [3.8, 4) is 11.5 Å². The van der Waals surface area contributed by atoms with Crippen LogP contribution in [-0.4, -0.2) is 33.9 Å². The number of carbonyl (C=O) groups excluding carboxylic acids is 2. The normalized spacial score (nSPS) is 10.6. The summed E-state index contributed by atoms with van der Waals surface area (Å²) < 4.78 is 10.8. The highest BCUT2D eigenvalue weighted by Crippen LogP contribution is 2.27. The van der Waals surface area contributed by atoms with Crippen LogP contribution in [0.5, 0.6) is 0 Å². The van der Waals surface area contributed by atoms with E-state index in [1.54, 1.807) is 36.4 Å². The van der Waals surface area contributed by atoms with Crippen LogP contribution in [0, 0.1) is 10.1 Å². The summed E-state index contributed by atoms with van der Waals surface area (Å²) in [6.07, 6.45) is 0. The number of nitro groups is 1. The number of nitrogens with zero attached hydrogens (tertiary/aromatic N) is 3. The molecule has 35 heavy (non-hydrogen) atoms. The van der Waals surface area contributed by atoms with Crippen LogP contribution in [0.2, 0.25) is 5.02 Å². The van der Waals surface area contributed by atoms with Crippen molar-refractivity contribution in [2.75, 3.05) is 12.4 Å².